The Bertz CT molecular complexity index is 3480. The first-order valence-corrected chi connectivity index (χ1v) is 25.2. The fourth-order valence-corrected chi connectivity index (χ4v) is 17.3. The Morgan fingerprint density at radius 2 is 0.923 bits per heavy atom. The molecule has 0 radical (unpaired) electrons. The Morgan fingerprint density at radius 1 is 0.400 bits per heavy atom. The highest BCUT2D eigenvalue weighted by molar-refractivity contribution is 8.28. The van der Waals surface area contributed by atoms with Crippen LogP contribution < -0.4 is 36.4 Å². The summed E-state index contributed by atoms with van der Waals surface area (Å²) in [5, 5.41) is 7.91. The number of benzene rings is 10. The summed E-state index contributed by atoms with van der Waals surface area (Å²) in [5.74, 6) is 1.91. The predicted octanol–water partition coefficient (Wildman–Crippen LogP) is 11.5. The van der Waals surface area contributed by atoms with Crippen LogP contribution in [0.25, 0.3) is 60.9 Å². The van der Waals surface area contributed by atoms with Gasteiger partial charge in [0.2, 0.25) is 0 Å². The molecule has 65 heavy (non-hydrogen) atoms. The standard InChI is InChI=1S/C60H40BNOSSi/c1-4-20-43(21-5-1)65(44-22-6-2-7-23-44,45-24-8-3-9-25-45)59-35-19-14-27-47(59)42-38-51-50-30-13-18-34-58(50)64-61-52-37-36-41(39-56(52)63-57(40-42)60(51)61)46-26-10-15-31-53(46)62-54-32-16-11-28-48(54)49-29-12-17-33-55(49)62/h1-40H. The van der Waals surface area contributed by atoms with E-state index >= 15 is 0 Å². The van der Waals surface area contributed by atoms with E-state index in [1.54, 1.807) is 0 Å². The second-order valence-electron chi connectivity index (χ2n) is 17.1. The number of hydrogen-bond donors (Lipinski definition) is 0. The number of ether oxygens (including phenoxy) is 1. The first-order chi connectivity index (χ1) is 32.3. The Labute approximate surface area is 384 Å². The van der Waals surface area contributed by atoms with Gasteiger partial charge in [0.25, 0.3) is 5.99 Å². The van der Waals surface area contributed by atoms with Crippen molar-refractivity contribution in [2.24, 2.45) is 0 Å². The number of nitrogens with zero attached hydrogens (tertiary/aromatic N) is 1. The molecule has 5 heteroatoms. The first-order valence-electron chi connectivity index (χ1n) is 22.4. The maximum Gasteiger partial charge on any atom is 0.289 e. The Morgan fingerprint density at radius 3 is 1.58 bits per heavy atom. The zero-order valence-electron chi connectivity index (χ0n) is 35.4. The molecule has 11 aromatic rings. The lowest BCUT2D eigenvalue weighted by Gasteiger charge is -2.36. The van der Waals surface area contributed by atoms with Crippen LogP contribution in [0.2, 0.25) is 0 Å². The van der Waals surface area contributed by atoms with E-state index in [0.717, 1.165) is 33.9 Å². The van der Waals surface area contributed by atoms with E-state index in [0.29, 0.717) is 0 Å². The van der Waals surface area contributed by atoms with E-state index in [1.165, 1.54) is 75.1 Å². The van der Waals surface area contributed by atoms with Gasteiger partial charge in [-0.1, -0.05) is 200 Å². The van der Waals surface area contributed by atoms with Crippen LogP contribution in [-0.2, 0) is 0 Å². The molecule has 0 bridgehead atoms. The van der Waals surface area contributed by atoms with Gasteiger partial charge in [-0.3, -0.25) is 0 Å². The van der Waals surface area contributed by atoms with Crippen molar-refractivity contribution in [2.75, 3.05) is 0 Å². The van der Waals surface area contributed by atoms with Crippen LogP contribution in [0.3, 0.4) is 0 Å². The van der Waals surface area contributed by atoms with E-state index in [2.05, 4.69) is 247 Å². The fourth-order valence-electron chi connectivity index (χ4n) is 10.9. The molecule has 13 rings (SSSR count). The van der Waals surface area contributed by atoms with Gasteiger partial charge in [0.05, 0.1) is 16.7 Å². The molecule has 0 saturated carbocycles. The van der Waals surface area contributed by atoms with Gasteiger partial charge in [0.1, 0.15) is 11.5 Å². The largest absolute Gasteiger partial charge is 0.458 e. The second-order valence-corrected chi connectivity index (χ2v) is 22.0. The molecule has 1 aromatic heterocycles. The zero-order chi connectivity index (χ0) is 42.9. The third-order valence-electron chi connectivity index (χ3n) is 13.6. The minimum atomic E-state index is -2.87. The number of aromatic nitrogens is 1. The van der Waals surface area contributed by atoms with Gasteiger partial charge in [-0.25, -0.2) is 0 Å². The minimum Gasteiger partial charge on any atom is -0.458 e. The normalized spacial score (nSPS) is 12.6. The summed E-state index contributed by atoms with van der Waals surface area (Å²) in [4.78, 5) is 1.29. The summed E-state index contributed by atoms with van der Waals surface area (Å²) in [7, 11) is -2.87. The topological polar surface area (TPSA) is 14.2 Å². The van der Waals surface area contributed by atoms with Crippen LogP contribution in [0.15, 0.2) is 248 Å². The van der Waals surface area contributed by atoms with E-state index in [-0.39, 0.29) is 5.99 Å². The van der Waals surface area contributed by atoms with Gasteiger partial charge in [-0.05, 0) is 102 Å². The van der Waals surface area contributed by atoms with Gasteiger partial charge in [-0.15, -0.1) is 0 Å². The Hall–Kier alpha value is -7.57. The Balaban J connectivity index is 1.01. The molecule has 0 fully saturated rings. The first kappa shape index (κ1) is 37.9. The van der Waals surface area contributed by atoms with Crippen LogP contribution >= 0.6 is 11.6 Å². The number of hydrogen-bond acceptors (Lipinski definition) is 2. The van der Waals surface area contributed by atoms with Crippen molar-refractivity contribution in [1.82, 2.24) is 4.57 Å². The summed E-state index contributed by atoms with van der Waals surface area (Å²) in [6, 6.07) is 89.7. The highest BCUT2D eigenvalue weighted by Gasteiger charge is 2.44. The van der Waals surface area contributed by atoms with Crippen molar-refractivity contribution in [1.29, 1.82) is 0 Å². The molecule has 0 atom stereocenters. The van der Waals surface area contributed by atoms with Gasteiger partial charge in [0.15, 0.2) is 8.07 Å². The number of fused-ring (bicyclic) bond motifs is 7. The van der Waals surface area contributed by atoms with Crippen LogP contribution in [0, 0.1) is 0 Å². The van der Waals surface area contributed by atoms with Crippen LogP contribution in [0.5, 0.6) is 11.5 Å². The molecule has 0 amide bonds. The minimum absolute atomic E-state index is 0.0796. The van der Waals surface area contributed by atoms with Crippen molar-refractivity contribution >= 4 is 79.2 Å². The summed E-state index contributed by atoms with van der Waals surface area (Å²) in [5.41, 5.74) is 13.1. The van der Waals surface area contributed by atoms with E-state index in [1.807, 2.05) is 11.6 Å². The molecule has 0 aliphatic carbocycles. The lowest BCUT2D eigenvalue weighted by atomic mass is 9.57. The third kappa shape index (κ3) is 5.89. The van der Waals surface area contributed by atoms with Crippen molar-refractivity contribution in [3.05, 3.63) is 243 Å². The zero-order valence-corrected chi connectivity index (χ0v) is 37.3. The molecule has 304 valence electrons. The number of rotatable bonds is 7. The van der Waals surface area contributed by atoms with E-state index in [9.17, 15) is 0 Å². The molecule has 2 aliphatic rings. The van der Waals surface area contributed by atoms with Gasteiger partial charge in [-0.2, -0.15) is 11.6 Å². The highest BCUT2D eigenvalue weighted by atomic mass is 32.2. The molecule has 0 saturated heterocycles. The molecule has 0 unspecified atom stereocenters. The molecule has 3 heterocycles. The smallest absolute Gasteiger partial charge is 0.289 e. The van der Waals surface area contributed by atoms with Gasteiger partial charge < -0.3 is 9.30 Å². The maximum absolute atomic E-state index is 7.31. The van der Waals surface area contributed by atoms with Crippen molar-refractivity contribution in [3.63, 3.8) is 0 Å². The fraction of sp³-hybridized carbons (Fsp3) is 0. The summed E-state index contributed by atoms with van der Waals surface area (Å²) >= 11 is 1.94. The van der Waals surface area contributed by atoms with E-state index in [4.69, 9.17) is 4.74 Å². The molecule has 0 spiro atoms. The quantitative estimate of drug-likeness (QED) is 0.117. The molecular weight excluding hydrogens is 822 g/mol. The van der Waals surface area contributed by atoms with Crippen molar-refractivity contribution in [3.8, 4) is 50.6 Å². The maximum atomic E-state index is 7.31. The second kappa shape index (κ2) is 15.3. The van der Waals surface area contributed by atoms with Crippen molar-refractivity contribution < 1.29 is 4.74 Å². The van der Waals surface area contributed by atoms with Crippen LogP contribution in [0.1, 0.15) is 0 Å². The molecule has 2 nitrogen and oxygen atoms in total. The number of para-hydroxylation sites is 3. The average molecular weight is 862 g/mol. The van der Waals surface area contributed by atoms with E-state index < -0.39 is 8.07 Å². The average Bonchev–Trinajstić information content (AvgIpc) is 3.72. The lowest BCUT2D eigenvalue weighted by Crippen LogP contribution is -2.75. The highest BCUT2D eigenvalue weighted by Crippen LogP contribution is 2.46. The molecule has 10 aromatic carbocycles. The predicted molar refractivity (Wildman–Crippen MR) is 278 cm³/mol. The lowest BCUT2D eigenvalue weighted by molar-refractivity contribution is 0.488. The third-order valence-corrected chi connectivity index (χ3v) is 19.8. The Kier molecular flexibility index (Phi) is 8.93. The van der Waals surface area contributed by atoms with Gasteiger partial charge >= 0.3 is 0 Å². The van der Waals surface area contributed by atoms with Crippen LogP contribution in [-0.4, -0.2) is 18.6 Å². The van der Waals surface area contributed by atoms with Crippen LogP contribution in [0.4, 0.5) is 0 Å². The SMILES string of the molecule is c1ccc([Si](c2ccccc2)(c2ccccc2)c2ccccc2-c2cc3c4c(c2)-c2ccccc2SB4c2ccc(-c4ccccc4-n4c5ccccc5c5ccccc54)cc2O3)cc1. The summed E-state index contributed by atoms with van der Waals surface area (Å²) in [6.07, 6.45) is 0. The monoisotopic (exact) mass is 861 g/mol. The molecule has 0 N–H and O–H groups in total. The summed E-state index contributed by atoms with van der Waals surface area (Å²) < 4.78 is 9.73. The van der Waals surface area contributed by atoms with Gasteiger partial charge in [0, 0.05) is 21.2 Å². The van der Waals surface area contributed by atoms with Crippen molar-refractivity contribution in [2.45, 2.75) is 4.90 Å². The molecular formula is C60H40BNOSSi. The molecule has 2 aliphatic heterocycles. The summed E-state index contributed by atoms with van der Waals surface area (Å²) in [6.45, 7) is 0.